The zero-order valence-corrected chi connectivity index (χ0v) is 20.1. The van der Waals surface area contributed by atoms with E-state index < -0.39 is 6.10 Å². The molecule has 0 aliphatic carbocycles. The first-order valence-corrected chi connectivity index (χ1v) is 12.7. The lowest BCUT2D eigenvalue weighted by Crippen LogP contribution is -2.55. The molecule has 0 saturated carbocycles. The minimum absolute atomic E-state index is 0.0571. The van der Waals surface area contributed by atoms with Gasteiger partial charge in [0.1, 0.15) is 6.26 Å². The quantitative estimate of drug-likeness (QED) is 0.611. The van der Waals surface area contributed by atoms with Gasteiger partial charge in [-0.3, -0.25) is 14.6 Å². The Labute approximate surface area is 206 Å². The molecule has 3 fully saturated rings. The Morgan fingerprint density at radius 1 is 1.11 bits per heavy atom. The molecule has 3 aliphatic heterocycles. The summed E-state index contributed by atoms with van der Waals surface area (Å²) in [6.07, 6.45) is 5.25. The maximum absolute atomic E-state index is 12.8. The highest BCUT2D eigenvalue weighted by molar-refractivity contribution is 5.76. The van der Waals surface area contributed by atoms with Crippen LogP contribution in [-0.2, 0) is 27.4 Å². The third-order valence-corrected chi connectivity index (χ3v) is 7.24. The number of rotatable bonds is 7. The molecule has 3 saturated heterocycles. The number of ether oxygens (including phenoxy) is 2. The summed E-state index contributed by atoms with van der Waals surface area (Å²) in [7, 11) is 0. The molecule has 2 aromatic rings. The third-order valence-electron chi connectivity index (χ3n) is 7.24. The first kappa shape index (κ1) is 24.4. The molecule has 190 valence electrons. The van der Waals surface area contributed by atoms with Gasteiger partial charge in [0.15, 0.2) is 6.39 Å². The Bertz CT molecular complexity index is 927. The van der Waals surface area contributed by atoms with Gasteiger partial charge >= 0.3 is 0 Å². The van der Waals surface area contributed by atoms with E-state index in [1.165, 1.54) is 12.0 Å². The molecule has 9 nitrogen and oxygen atoms in total. The van der Waals surface area contributed by atoms with E-state index in [0.717, 1.165) is 44.6 Å². The number of hydrogen-bond donors (Lipinski definition) is 2. The van der Waals surface area contributed by atoms with E-state index >= 15 is 0 Å². The molecular formula is C26H36N4O5. The first-order valence-electron chi connectivity index (χ1n) is 12.7. The van der Waals surface area contributed by atoms with E-state index in [9.17, 15) is 9.90 Å². The highest BCUT2D eigenvalue weighted by Gasteiger charge is 2.38. The van der Waals surface area contributed by atoms with Gasteiger partial charge in [0.05, 0.1) is 43.6 Å². The topological polar surface area (TPSA) is 100 Å². The summed E-state index contributed by atoms with van der Waals surface area (Å²) < 4.78 is 17.2. The van der Waals surface area contributed by atoms with Crippen molar-refractivity contribution >= 4 is 5.91 Å². The normalized spacial score (nSPS) is 30.4. The molecule has 1 aromatic carbocycles. The number of likely N-dealkylation sites (tertiary alicyclic amines) is 1. The number of nitrogens with zero attached hydrogens (tertiary/aromatic N) is 3. The largest absolute Gasteiger partial charge is 0.451 e. The summed E-state index contributed by atoms with van der Waals surface area (Å²) in [6, 6.07) is 10.7. The molecule has 35 heavy (non-hydrogen) atoms. The summed E-state index contributed by atoms with van der Waals surface area (Å²) in [5, 5.41) is 13.5. The summed E-state index contributed by atoms with van der Waals surface area (Å²) in [6.45, 7) is 4.55. The highest BCUT2D eigenvalue weighted by atomic mass is 16.5. The molecule has 5 rings (SSSR count). The van der Waals surface area contributed by atoms with Crippen molar-refractivity contribution in [3.8, 4) is 0 Å². The summed E-state index contributed by atoms with van der Waals surface area (Å²) in [5.41, 5.74) is 2.13. The smallest absolute Gasteiger partial charge is 0.222 e. The molecule has 5 atom stereocenters. The lowest BCUT2D eigenvalue weighted by atomic mass is 9.94. The van der Waals surface area contributed by atoms with Crippen LogP contribution in [0, 0.1) is 0 Å². The van der Waals surface area contributed by atoms with Gasteiger partial charge < -0.3 is 24.3 Å². The monoisotopic (exact) mass is 484 g/mol. The fourth-order valence-corrected chi connectivity index (χ4v) is 5.58. The third kappa shape index (κ3) is 6.68. The number of aromatic nitrogens is 1. The van der Waals surface area contributed by atoms with Crippen molar-refractivity contribution in [1.82, 2.24) is 20.1 Å². The van der Waals surface area contributed by atoms with E-state index in [-0.39, 0.29) is 36.8 Å². The van der Waals surface area contributed by atoms with Crippen molar-refractivity contribution in [2.24, 2.45) is 0 Å². The number of carbonyl (C=O) groups excluding carboxylic acids is 1. The van der Waals surface area contributed by atoms with Crippen molar-refractivity contribution in [3.05, 3.63) is 54.2 Å². The standard InChI is InChI=1S/C26H36N4O5/c31-22-14-30(13-21-15-34-18-27-21)24-7-6-23(35-25(24)17-33-16-22)10-26(32)28-20-8-9-29(12-20)11-19-4-2-1-3-5-19/h1-5,15,18,20,22-25,31H,6-14,16-17H2,(H,28,32)/t20-,22-,23-,24-,25+/m1/s1. The van der Waals surface area contributed by atoms with E-state index in [2.05, 4.69) is 44.4 Å². The number of benzene rings is 1. The fraction of sp³-hybridized carbons (Fsp3) is 0.615. The molecule has 4 heterocycles. The average molecular weight is 485 g/mol. The number of β-amino-alcohol motifs (C(OH)–C–C–N with tert-alkyl or cyclic N) is 1. The highest BCUT2D eigenvalue weighted by Crippen LogP contribution is 2.28. The van der Waals surface area contributed by atoms with Crippen molar-refractivity contribution in [2.45, 2.75) is 69.2 Å². The summed E-state index contributed by atoms with van der Waals surface area (Å²) in [5.74, 6) is 0.0571. The number of nitrogens with one attached hydrogen (secondary N) is 1. The molecule has 0 bridgehead atoms. The van der Waals surface area contributed by atoms with Gasteiger partial charge in [-0.1, -0.05) is 30.3 Å². The van der Waals surface area contributed by atoms with Crippen molar-refractivity contribution in [2.75, 3.05) is 32.8 Å². The number of amides is 1. The summed E-state index contributed by atoms with van der Waals surface area (Å²) in [4.78, 5) is 21.7. The predicted octanol–water partition coefficient (Wildman–Crippen LogP) is 1.56. The van der Waals surface area contributed by atoms with Gasteiger partial charge in [-0.25, -0.2) is 4.98 Å². The average Bonchev–Trinajstić information content (AvgIpc) is 3.51. The van der Waals surface area contributed by atoms with E-state index in [1.54, 1.807) is 6.26 Å². The van der Waals surface area contributed by atoms with E-state index in [4.69, 9.17) is 13.9 Å². The van der Waals surface area contributed by atoms with Crippen molar-refractivity contribution in [1.29, 1.82) is 0 Å². The van der Waals surface area contributed by atoms with Gasteiger partial charge in [-0.15, -0.1) is 0 Å². The van der Waals surface area contributed by atoms with Gasteiger partial charge in [0.25, 0.3) is 0 Å². The number of carbonyl (C=O) groups is 1. The number of hydrogen-bond acceptors (Lipinski definition) is 8. The zero-order valence-electron chi connectivity index (χ0n) is 20.1. The second kappa shape index (κ2) is 11.6. The van der Waals surface area contributed by atoms with Crippen LogP contribution in [0.25, 0.3) is 0 Å². The Balaban J connectivity index is 1.11. The van der Waals surface area contributed by atoms with Crippen molar-refractivity contribution in [3.63, 3.8) is 0 Å². The molecule has 9 heteroatoms. The van der Waals surface area contributed by atoms with Crippen LogP contribution >= 0.6 is 0 Å². The second-order valence-corrected chi connectivity index (χ2v) is 10.0. The molecule has 1 amide bonds. The Kier molecular flexibility index (Phi) is 8.10. The van der Waals surface area contributed by atoms with Crippen LogP contribution in [-0.4, -0.2) is 89.0 Å². The predicted molar refractivity (Wildman–Crippen MR) is 128 cm³/mol. The van der Waals surface area contributed by atoms with Crippen LogP contribution in [0.2, 0.25) is 0 Å². The zero-order chi connectivity index (χ0) is 24.0. The number of aliphatic hydroxyl groups excluding tert-OH is 1. The molecule has 1 aromatic heterocycles. The molecule has 3 aliphatic rings. The first-order chi connectivity index (χ1) is 17.1. The Morgan fingerprint density at radius 2 is 2.00 bits per heavy atom. The lowest BCUT2D eigenvalue weighted by Gasteiger charge is -2.44. The van der Waals surface area contributed by atoms with Crippen LogP contribution < -0.4 is 5.32 Å². The van der Waals surface area contributed by atoms with Gasteiger partial charge in [-0.2, -0.15) is 0 Å². The fourth-order valence-electron chi connectivity index (χ4n) is 5.58. The van der Waals surface area contributed by atoms with Crippen LogP contribution in [0.15, 0.2) is 47.4 Å². The van der Waals surface area contributed by atoms with E-state index in [0.29, 0.717) is 26.1 Å². The molecule has 2 N–H and O–H groups in total. The van der Waals surface area contributed by atoms with Crippen molar-refractivity contribution < 1.29 is 23.8 Å². The van der Waals surface area contributed by atoms with Gasteiger partial charge in [-0.05, 0) is 24.8 Å². The van der Waals surface area contributed by atoms with Gasteiger partial charge in [0, 0.05) is 44.8 Å². The number of fused-ring (bicyclic) bond motifs is 1. The van der Waals surface area contributed by atoms with Gasteiger partial charge in [0.2, 0.25) is 5.91 Å². The minimum Gasteiger partial charge on any atom is -0.451 e. The Morgan fingerprint density at radius 3 is 2.83 bits per heavy atom. The Hall–Kier alpha value is -2.30. The molecule has 0 unspecified atom stereocenters. The van der Waals surface area contributed by atoms with Crippen LogP contribution in [0.5, 0.6) is 0 Å². The van der Waals surface area contributed by atoms with Crippen LogP contribution in [0.4, 0.5) is 0 Å². The second-order valence-electron chi connectivity index (χ2n) is 10.0. The SMILES string of the molecule is O=C(C[C@H]1CC[C@@H]2[C@H](COC[C@H](O)CN2Cc2cocn2)O1)N[C@@H]1CCN(Cc2ccccc2)C1. The van der Waals surface area contributed by atoms with Crippen LogP contribution in [0.1, 0.15) is 36.9 Å². The number of oxazole rings is 1. The summed E-state index contributed by atoms with van der Waals surface area (Å²) >= 11 is 0. The lowest BCUT2D eigenvalue weighted by molar-refractivity contribution is -0.158. The molecular weight excluding hydrogens is 448 g/mol. The minimum atomic E-state index is -0.556. The van der Waals surface area contributed by atoms with Crippen LogP contribution in [0.3, 0.4) is 0 Å². The number of aliphatic hydroxyl groups is 1. The molecule has 0 radical (unpaired) electrons. The molecule has 0 spiro atoms. The maximum Gasteiger partial charge on any atom is 0.222 e. The maximum atomic E-state index is 12.8. The van der Waals surface area contributed by atoms with E-state index in [1.807, 2.05) is 6.07 Å².